The Kier molecular flexibility index (Phi) is 10.4. The number of halogens is 3. The molecular formula is C32H42F3NO7SSi. The summed E-state index contributed by atoms with van der Waals surface area (Å²) in [7, 11) is -7.26. The zero-order valence-electron chi connectivity index (χ0n) is 27.0. The summed E-state index contributed by atoms with van der Waals surface area (Å²) < 4.78 is 80.5. The molecule has 13 heteroatoms. The van der Waals surface area contributed by atoms with Crippen molar-refractivity contribution >= 4 is 30.1 Å². The van der Waals surface area contributed by atoms with Crippen LogP contribution in [0.5, 0.6) is 0 Å². The second kappa shape index (κ2) is 12.7. The zero-order valence-corrected chi connectivity index (χ0v) is 28.8. The molecule has 45 heavy (non-hydrogen) atoms. The minimum Gasteiger partial charge on any atom is -0.463 e. The number of hydrogen-bond donors (Lipinski definition) is 1. The lowest BCUT2D eigenvalue weighted by Crippen LogP contribution is -2.56. The number of nitrogens with zero attached hydrogens (tertiary/aromatic N) is 1. The molecule has 0 saturated carbocycles. The van der Waals surface area contributed by atoms with E-state index in [1.165, 1.54) is 24.3 Å². The molecule has 1 aliphatic rings. The number of carbonyl (C=O) groups is 2. The maximum Gasteiger partial charge on any atom is 0.416 e. The largest absolute Gasteiger partial charge is 0.463 e. The highest BCUT2D eigenvalue weighted by atomic mass is 32.2. The van der Waals surface area contributed by atoms with Gasteiger partial charge in [0.25, 0.3) is 0 Å². The van der Waals surface area contributed by atoms with Gasteiger partial charge in [-0.2, -0.15) is 17.5 Å². The molecule has 2 aromatic carbocycles. The third-order valence-corrected chi connectivity index (χ3v) is 14.4. The van der Waals surface area contributed by atoms with Crippen molar-refractivity contribution in [1.82, 2.24) is 4.31 Å². The molecule has 3 rings (SSSR count). The van der Waals surface area contributed by atoms with Crippen LogP contribution in [-0.2, 0) is 35.0 Å². The SMILES string of the molecule is Cc1ccc(S(=O)(=O)N2[C@@H](O)C=C([C@H](O[Si](C)(C)C(C)(C)C)c3ccc(C(F)(F)F)cc3)C(=O)[C@@H]2COC(=O)C(C)(C)C)cc1. The number of carbonyl (C=O) groups excluding carboxylic acids is 2. The molecule has 1 aliphatic heterocycles. The van der Waals surface area contributed by atoms with Crippen LogP contribution in [0.25, 0.3) is 0 Å². The Labute approximate surface area is 264 Å². The van der Waals surface area contributed by atoms with Gasteiger partial charge in [-0.15, -0.1) is 0 Å². The van der Waals surface area contributed by atoms with Crippen LogP contribution in [0.4, 0.5) is 13.2 Å². The molecule has 2 aromatic rings. The number of aryl methyl sites for hydroxylation is 1. The van der Waals surface area contributed by atoms with Gasteiger partial charge in [-0.05, 0) is 81.7 Å². The summed E-state index contributed by atoms with van der Waals surface area (Å²) in [6.45, 7) is 15.4. The Bertz CT molecular complexity index is 1540. The van der Waals surface area contributed by atoms with E-state index in [0.29, 0.717) is 4.31 Å². The molecule has 0 radical (unpaired) electrons. The number of Topliss-reactive ketones (excluding diaryl/α,β-unsaturated/α-hetero) is 1. The highest BCUT2D eigenvalue weighted by Crippen LogP contribution is 2.44. The molecule has 1 heterocycles. The number of esters is 1. The molecule has 0 amide bonds. The van der Waals surface area contributed by atoms with E-state index < -0.39 is 77.3 Å². The van der Waals surface area contributed by atoms with Crippen molar-refractivity contribution in [3.8, 4) is 0 Å². The van der Waals surface area contributed by atoms with Crippen LogP contribution in [0.15, 0.2) is 65.1 Å². The average molecular weight is 670 g/mol. The van der Waals surface area contributed by atoms with Crippen molar-refractivity contribution in [3.63, 3.8) is 0 Å². The van der Waals surface area contributed by atoms with E-state index in [9.17, 15) is 36.3 Å². The van der Waals surface area contributed by atoms with Gasteiger partial charge >= 0.3 is 12.1 Å². The van der Waals surface area contributed by atoms with Crippen molar-refractivity contribution in [3.05, 3.63) is 76.9 Å². The van der Waals surface area contributed by atoms with Crippen molar-refractivity contribution < 1.29 is 45.4 Å². The summed E-state index contributed by atoms with van der Waals surface area (Å²) >= 11 is 0. The highest BCUT2D eigenvalue weighted by molar-refractivity contribution is 7.89. The fourth-order valence-corrected chi connectivity index (χ4v) is 7.08. The highest BCUT2D eigenvalue weighted by Gasteiger charge is 2.49. The molecule has 0 spiro atoms. The number of sulfonamides is 1. The first-order valence-electron chi connectivity index (χ1n) is 14.4. The summed E-state index contributed by atoms with van der Waals surface area (Å²) in [4.78, 5) is 26.9. The lowest BCUT2D eigenvalue weighted by molar-refractivity contribution is -0.156. The van der Waals surface area contributed by atoms with Crippen molar-refractivity contribution in [2.24, 2.45) is 5.41 Å². The predicted molar refractivity (Wildman–Crippen MR) is 166 cm³/mol. The first kappa shape index (κ1) is 36.6. The van der Waals surface area contributed by atoms with Crippen LogP contribution in [-0.4, -0.2) is 56.8 Å². The minimum atomic E-state index is -4.60. The van der Waals surface area contributed by atoms with E-state index in [4.69, 9.17) is 9.16 Å². The van der Waals surface area contributed by atoms with Gasteiger partial charge in [-0.1, -0.05) is 50.6 Å². The van der Waals surface area contributed by atoms with Gasteiger partial charge in [0.15, 0.2) is 14.1 Å². The molecule has 0 saturated heterocycles. The van der Waals surface area contributed by atoms with Crippen molar-refractivity contribution in [2.45, 2.75) is 96.0 Å². The molecule has 0 aromatic heterocycles. The molecule has 0 aliphatic carbocycles. The number of aliphatic hydroxyl groups excluding tert-OH is 1. The third kappa shape index (κ3) is 8.12. The molecule has 0 bridgehead atoms. The second-order valence-electron chi connectivity index (χ2n) is 13.8. The van der Waals surface area contributed by atoms with Gasteiger partial charge in [0, 0.05) is 5.57 Å². The summed E-state index contributed by atoms with van der Waals surface area (Å²) in [6.07, 6.45) is -6.70. The molecule has 3 atom stereocenters. The molecular weight excluding hydrogens is 627 g/mol. The van der Waals surface area contributed by atoms with E-state index in [0.717, 1.165) is 23.8 Å². The van der Waals surface area contributed by atoms with Crippen LogP contribution in [0.2, 0.25) is 18.1 Å². The molecule has 248 valence electrons. The zero-order chi connectivity index (χ0) is 34.3. The van der Waals surface area contributed by atoms with Gasteiger partial charge in [0.05, 0.1) is 22.0 Å². The van der Waals surface area contributed by atoms with Crippen LogP contribution < -0.4 is 0 Å². The Hall–Kier alpha value is -2.84. The maximum absolute atomic E-state index is 14.3. The van der Waals surface area contributed by atoms with Crippen LogP contribution in [0.1, 0.15) is 64.3 Å². The first-order valence-corrected chi connectivity index (χ1v) is 18.8. The van der Waals surface area contributed by atoms with E-state index in [2.05, 4.69) is 0 Å². The van der Waals surface area contributed by atoms with Gasteiger partial charge < -0.3 is 14.3 Å². The molecule has 0 fully saturated rings. The molecule has 8 nitrogen and oxygen atoms in total. The lowest BCUT2D eigenvalue weighted by Gasteiger charge is -2.42. The normalized spacial score (nSPS) is 19.7. The number of aliphatic hydroxyl groups is 1. The second-order valence-corrected chi connectivity index (χ2v) is 20.4. The average Bonchev–Trinajstić information content (AvgIpc) is 2.90. The van der Waals surface area contributed by atoms with Gasteiger partial charge in [-0.25, -0.2) is 8.42 Å². The number of benzene rings is 2. The van der Waals surface area contributed by atoms with Crippen LogP contribution >= 0.6 is 0 Å². The number of ether oxygens (including phenoxy) is 1. The quantitative estimate of drug-likeness (QED) is 0.251. The first-order chi connectivity index (χ1) is 20.4. The lowest BCUT2D eigenvalue weighted by atomic mass is 9.91. The van der Waals surface area contributed by atoms with Crippen molar-refractivity contribution in [1.29, 1.82) is 0 Å². The predicted octanol–water partition coefficient (Wildman–Crippen LogP) is 6.55. The summed E-state index contributed by atoms with van der Waals surface area (Å²) in [6, 6.07) is 8.25. The number of alkyl halides is 3. The summed E-state index contributed by atoms with van der Waals surface area (Å²) in [5.74, 6) is -1.52. The Morgan fingerprint density at radius 1 is 0.978 bits per heavy atom. The summed E-state index contributed by atoms with van der Waals surface area (Å²) in [5, 5.41) is 11.0. The van der Waals surface area contributed by atoms with Crippen molar-refractivity contribution in [2.75, 3.05) is 6.61 Å². The van der Waals surface area contributed by atoms with E-state index in [1.807, 2.05) is 33.9 Å². The minimum absolute atomic E-state index is 0.153. The number of rotatable bonds is 8. The van der Waals surface area contributed by atoms with Gasteiger partial charge in [-0.3, -0.25) is 9.59 Å². The molecule has 1 N–H and O–H groups in total. The standard InChI is InChI=1S/C32H42F3NO7SSi/c1-20-10-16-23(17-11-20)44(40,41)36-25(19-42-29(39)30(2,3)4)27(38)24(18-26(36)37)28(43-45(8,9)31(5,6)7)21-12-14-22(15-13-21)32(33,34)35/h10-18,25-26,28,37H,19H2,1-9H3/t25-,26-,28+/m0/s1. The Morgan fingerprint density at radius 2 is 1.51 bits per heavy atom. The van der Waals surface area contributed by atoms with E-state index in [1.54, 1.807) is 39.8 Å². The van der Waals surface area contributed by atoms with E-state index in [-0.39, 0.29) is 16.0 Å². The Morgan fingerprint density at radius 3 is 1.98 bits per heavy atom. The summed E-state index contributed by atoms with van der Waals surface area (Å²) in [5.41, 5.74) is -1.05. The fraction of sp³-hybridized carbons (Fsp3) is 0.500. The third-order valence-electron chi connectivity index (χ3n) is 8.11. The van der Waals surface area contributed by atoms with Crippen LogP contribution in [0, 0.1) is 12.3 Å². The topological polar surface area (TPSA) is 110 Å². The maximum atomic E-state index is 14.3. The molecule has 0 unspecified atom stereocenters. The fourth-order valence-electron chi connectivity index (χ4n) is 4.32. The number of ketones is 1. The van der Waals surface area contributed by atoms with E-state index >= 15 is 0 Å². The smallest absolute Gasteiger partial charge is 0.416 e. The van der Waals surface area contributed by atoms with Crippen LogP contribution in [0.3, 0.4) is 0 Å². The monoisotopic (exact) mass is 669 g/mol. The Balaban J connectivity index is 2.21. The van der Waals surface area contributed by atoms with Gasteiger partial charge in [0.1, 0.15) is 18.9 Å². The van der Waals surface area contributed by atoms with Gasteiger partial charge in [0.2, 0.25) is 10.0 Å². The number of hydrogen-bond acceptors (Lipinski definition) is 7.